The number of carbonyl (C=O) groups excluding carboxylic acids is 1. The molecule has 0 aliphatic carbocycles. The zero-order valence-corrected chi connectivity index (χ0v) is 21.7. The number of aliphatic hydroxyl groups is 1. The Labute approximate surface area is 223 Å². The number of piperidine rings is 1. The average molecular weight is 562 g/mol. The summed E-state index contributed by atoms with van der Waals surface area (Å²) >= 11 is 0. The van der Waals surface area contributed by atoms with E-state index in [4.69, 9.17) is 5.26 Å². The highest BCUT2D eigenvalue weighted by Gasteiger charge is 2.46. The van der Waals surface area contributed by atoms with Crippen LogP contribution in [-0.2, 0) is 34.5 Å². The van der Waals surface area contributed by atoms with Crippen molar-refractivity contribution in [3.8, 4) is 6.07 Å². The molecule has 2 N–H and O–H groups in total. The molecule has 1 aliphatic rings. The van der Waals surface area contributed by atoms with E-state index in [-0.39, 0.29) is 42.9 Å². The number of carbonyl (C=O) groups is 1. The van der Waals surface area contributed by atoms with Gasteiger partial charge in [-0.25, -0.2) is 8.42 Å². The minimum Gasteiger partial charge on any atom is -0.379 e. The van der Waals surface area contributed by atoms with Gasteiger partial charge in [0.1, 0.15) is 10.5 Å². The van der Waals surface area contributed by atoms with Crippen molar-refractivity contribution in [2.45, 2.75) is 35.9 Å². The molecule has 1 aliphatic heterocycles. The first kappa shape index (κ1) is 28.3. The number of aryl methyl sites for hydroxylation is 1. The maximum atomic E-state index is 13.5. The lowest BCUT2D eigenvalue weighted by atomic mass is 9.76. The maximum Gasteiger partial charge on any atom is 0.417 e. The van der Waals surface area contributed by atoms with Crippen LogP contribution in [0.2, 0.25) is 0 Å². The smallest absolute Gasteiger partial charge is 0.379 e. The Bertz CT molecular complexity index is 1490. The number of sulfonamides is 1. The molecule has 0 bridgehead atoms. The highest BCUT2D eigenvalue weighted by molar-refractivity contribution is 7.89. The van der Waals surface area contributed by atoms with Crippen molar-refractivity contribution in [3.63, 3.8) is 0 Å². The van der Waals surface area contributed by atoms with Crippen LogP contribution in [0.5, 0.6) is 0 Å². The monoisotopic (exact) mass is 561 g/mol. The van der Waals surface area contributed by atoms with Gasteiger partial charge >= 0.3 is 6.18 Å². The van der Waals surface area contributed by atoms with Crippen molar-refractivity contribution in [1.29, 1.82) is 5.26 Å². The Balaban J connectivity index is 1.59. The second kappa shape index (κ2) is 10.8. The van der Waals surface area contributed by atoms with Gasteiger partial charge in [-0.15, -0.1) is 0 Å². The molecule has 1 amide bonds. The molecule has 1 aromatic heterocycles. The number of alkyl halides is 3. The summed E-state index contributed by atoms with van der Waals surface area (Å²) in [7, 11) is -2.23. The summed E-state index contributed by atoms with van der Waals surface area (Å²) in [5, 5.41) is 27.1. The van der Waals surface area contributed by atoms with Crippen molar-refractivity contribution >= 4 is 21.6 Å². The van der Waals surface area contributed by atoms with E-state index in [0.29, 0.717) is 11.6 Å². The van der Waals surface area contributed by atoms with Gasteiger partial charge in [0.05, 0.1) is 23.4 Å². The fraction of sp³-hybridized carbons (Fsp3) is 0.346. The van der Waals surface area contributed by atoms with Gasteiger partial charge < -0.3 is 10.4 Å². The first-order valence-electron chi connectivity index (χ1n) is 12.0. The number of nitrogens with zero attached hydrogens (tertiary/aromatic N) is 4. The van der Waals surface area contributed by atoms with Crippen LogP contribution in [0.15, 0.2) is 65.8 Å². The van der Waals surface area contributed by atoms with Gasteiger partial charge in [-0.1, -0.05) is 30.3 Å². The van der Waals surface area contributed by atoms with Crippen LogP contribution in [0, 0.1) is 17.2 Å². The molecule has 0 radical (unpaired) electrons. The predicted molar refractivity (Wildman–Crippen MR) is 135 cm³/mol. The first-order chi connectivity index (χ1) is 18.3. The number of anilines is 1. The van der Waals surface area contributed by atoms with E-state index in [1.54, 1.807) is 37.4 Å². The van der Waals surface area contributed by atoms with E-state index in [1.807, 2.05) is 0 Å². The number of aromatic nitrogens is 2. The van der Waals surface area contributed by atoms with E-state index >= 15 is 0 Å². The predicted octanol–water partition coefficient (Wildman–Crippen LogP) is 3.32. The van der Waals surface area contributed by atoms with Gasteiger partial charge in [-0.05, 0) is 42.5 Å². The lowest BCUT2D eigenvalue weighted by molar-refractivity contribution is -0.142. The summed E-state index contributed by atoms with van der Waals surface area (Å²) in [5.41, 5.74) is -3.46. The maximum absolute atomic E-state index is 13.5. The van der Waals surface area contributed by atoms with Crippen LogP contribution in [0.4, 0.5) is 18.9 Å². The van der Waals surface area contributed by atoms with E-state index in [0.717, 1.165) is 12.1 Å². The Morgan fingerprint density at radius 2 is 1.85 bits per heavy atom. The normalized spacial score (nSPS) is 16.8. The van der Waals surface area contributed by atoms with Gasteiger partial charge in [0.25, 0.3) is 5.91 Å². The highest BCUT2D eigenvalue weighted by Crippen LogP contribution is 2.36. The SMILES string of the molecule is Cn1cc(S(=O)(=O)N2CCC(C(O)(Cc3ccccc3)C(=O)Nc3ccc(C#N)c(C(F)(F)F)c3)CC2)cn1. The number of rotatable bonds is 7. The fourth-order valence-corrected chi connectivity index (χ4v) is 6.22. The van der Waals surface area contributed by atoms with Gasteiger partial charge in [-0.2, -0.15) is 27.8 Å². The third-order valence-electron chi connectivity index (χ3n) is 6.86. The fourth-order valence-electron chi connectivity index (χ4n) is 4.77. The van der Waals surface area contributed by atoms with Crippen LogP contribution >= 0.6 is 0 Å². The van der Waals surface area contributed by atoms with E-state index in [9.17, 15) is 31.5 Å². The molecule has 13 heteroatoms. The molecular formula is C26H26F3N5O4S. The Morgan fingerprint density at radius 1 is 1.18 bits per heavy atom. The molecule has 1 atom stereocenters. The lowest BCUT2D eigenvalue weighted by Crippen LogP contribution is -2.54. The second-order valence-corrected chi connectivity index (χ2v) is 11.4. The van der Waals surface area contributed by atoms with Crippen molar-refractivity contribution in [3.05, 3.63) is 77.6 Å². The standard InChI is InChI=1S/C26H26F3N5O4S/c1-33-17-22(16-31-33)39(37,38)34-11-9-20(10-12-34)25(36,14-18-5-3-2-4-6-18)24(35)32-21-8-7-19(15-30)23(13-21)26(27,28)29/h2-8,13,16-17,20,36H,9-12,14H2,1H3,(H,32,35). The van der Waals surface area contributed by atoms with Gasteiger partial charge in [-0.3, -0.25) is 9.48 Å². The third kappa shape index (κ3) is 5.98. The number of hydrogen-bond acceptors (Lipinski definition) is 6. The van der Waals surface area contributed by atoms with Gasteiger partial charge in [0.2, 0.25) is 10.0 Å². The van der Waals surface area contributed by atoms with E-state index < -0.39 is 44.8 Å². The minimum absolute atomic E-state index is 0.0291. The van der Waals surface area contributed by atoms with Crippen LogP contribution in [0.25, 0.3) is 0 Å². The molecular weight excluding hydrogens is 535 g/mol. The summed E-state index contributed by atoms with van der Waals surface area (Å²) in [6.07, 6.45) is -2.06. The number of hydrogen-bond donors (Lipinski definition) is 2. The second-order valence-electron chi connectivity index (χ2n) is 9.44. The van der Waals surface area contributed by atoms with Crippen molar-refractivity contribution in [2.75, 3.05) is 18.4 Å². The average Bonchev–Trinajstić information content (AvgIpc) is 3.36. The summed E-state index contributed by atoms with van der Waals surface area (Å²) in [5.74, 6) is -1.61. The Morgan fingerprint density at radius 3 is 2.41 bits per heavy atom. The number of amides is 1. The third-order valence-corrected chi connectivity index (χ3v) is 8.71. The summed E-state index contributed by atoms with van der Waals surface area (Å²) in [4.78, 5) is 13.5. The summed E-state index contributed by atoms with van der Waals surface area (Å²) in [6.45, 7) is 0.0583. The zero-order chi connectivity index (χ0) is 28.4. The molecule has 9 nitrogen and oxygen atoms in total. The molecule has 2 heterocycles. The number of nitriles is 1. The Kier molecular flexibility index (Phi) is 7.83. The number of benzene rings is 2. The van der Waals surface area contributed by atoms with Crippen LogP contribution in [0.3, 0.4) is 0 Å². The molecule has 3 aromatic rings. The Hall–Kier alpha value is -3.73. The van der Waals surface area contributed by atoms with Gasteiger partial charge in [0, 0.05) is 38.4 Å². The number of halogens is 3. The molecule has 0 spiro atoms. The minimum atomic E-state index is -4.82. The topological polar surface area (TPSA) is 128 Å². The van der Waals surface area contributed by atoms with Crippen LogP contribution < -0.4 is 5.32 Å². The van der Waals surface area contributed by atoms with Crippen molar-refractivity contribution in [2.24, 2.45) is 13.0 Å². The van der Waals surface area contributed by atoms with Crippen LogP contribution in [0.1, 0.15) is 29.5 Å². The molecule has 1 saturated heterocycles. The zero-order valence-electron chi connectivity index (χ0n) is 20.9. The molecule has 206 valence electrons. The van der Waals surface area contributed by atoms with Crippen molar-refractivity contribution < 1.29 is 31.5 Å². The number of nitrogens with one attached hydrogen (secondary N) is 1. The molecule has 2 aromatic carbocycles. The van der Waals surface area contributed by atoms with Crippen molar-refractivity contribution in [1.82, 2.24) is 14.1 Å². The van der Waals surface area contributed by atoms with Crippen LogP contribution in [-0.4, -0.2) is 52.2 Å². The largest absolute Gasteiger partial charge is 0.417 e. The molecule has 39 heavy (non-hydrogen) atoms. The van der Waals surface area contributed by atoms with Gasteiger partial charge in [0.15, 0.2) is 0 Å². The van der Waals surface area contributed by atoms with E-state index in [2.05, 4.69) is 10.4 Å². The lowest BCUT2D eigenvalue weighted by Gasteiger charge is -2.40. The van der Waals surface area contributed by atoms with E-state index in [1.165, 1.54) is 27.4 Å². The summed E-state index contributed by atoms with van der Waals surface area (Å²) in [6, 6.07) is 12.9. The molecule has 0 saturated carbocycles. The molecule has 4 rings (SSSR count). The quantitative estimate of drug-likeness (QED) is 0.456. The molecule has 1 unspecified atom stereocenters. The first-order valence-corrected chi connectivity index (χ1v) is 13.5. The molecule has 1 fully saturated rings. The summed E-state index contributed by atoms with van der Waals surface area (Å²) < 4.78 is 69.0. The highest BCUT2D eigenvalue weighted by atomic mass is 32.2.